The number of carbonyl (C=O) groups is 1. The molecule has 0 aromatic carbocycles. The van der Waals surface area contributed by atoms with Gasteiger partial charge in [0.2, 0.25) is 5.91 Å². The Labute approximate surface area is 110 Å². The molecule has 1 aliphatic heterocycles. The second-order valence-electron chi connectivity index (χ2n) is 5.46. The van der Waals surface area contributed by atoms with Gasteiger partial charge in [-0.3, -0.25) is 14.6 Å². The first-order chi connectivity index (χ1) is 8.78. The SMILES string of the molecule is NCCN1CCN(CC(=O)NC2CCCC2)CC1. The minimum atomic E-state index is 0.203. The van der Waals surface area contributed by atoms with E-state index in [1.165, 1.54) is 12.8 Å². The molecule has 5 heteroatoms. The summed E-state index contributed by atoms with van der Waals surface area (Å²) in [5.41, 5.74) is 5.55. The second-order valence-corrected chi connectivity index (χ2v) is 5.46. The smallest absolute Gasteiger partial charge is 0.234 e. The molecule has 1 amide bonds. The molecule has 2 aliphatic rings. The number of amides is 1. The number of hydrogen-bond acceptors (Lipinski definition) is 4. The van der Waals surface area contributed by atoms with E-state index in [0.717, 1.165) is 52.1 Å². The zero-order valence-electron chi connectivity index (χ0n) is 11.2. The summed E-state index contributed by atoms with van der Waals surface area (Å²) >= 11 is 0. The van der Waals surface area contributed by atoms with Crippen molar-refractivity contribution in [2.45, 2.75) is 31.7 Å². The fourth-order valence-corrected chi connectivity index (χ4v) is 2.90. The minimum Gasteiger partial charge on any atom is -0.352 e. The fraction of sp³-hybridized carbons (Fsp3) is 0.923. The first-order valence-electron chi connectivity index (χ1n) is 7.22. The van der Waals surface area contributed by atoms with Crippen molar-refractivity contribution >= 4 is 5.91 Å². The van der Waals surface area contributed by atoms with Gasteiger partial charge in [-0.25, -0.2) is 0 Å². The van der Waals surface area contributed by atoms with Crippen LogP contribution in [0.2, 0.25) is 0 Å². The van der Waals surface area contributed by atoms with Crippen LogP contribution in [0.4, 0.5) is 0 Å². The van der Waals surface area contributed by atoms with E-state index in [-0.39, 0.29) is 5.91 Å². The Morgan fingerprint density at radius 3 is 2.33 bits per heavy atom. The van der Waals surface area contributed by atoms with Crippen molar-refractivity contribution in [2.75, 3.05) is 45.8 Å². The van der Waals surface area contributed by atoms with Crippen molar-refractivity contribution in [3.8, 4) is 0 Å². The molecule has 1 aliphatic carbocycles. The summed E-state index contributed by atoms with van der Waals surface area (Å²) in [4.78, 5) is 16.5. The monoisotopic (exact) mass is 254 g/mol. The quantitative estimate of drug-likeness (QED) is 0.702. The van der Waals surface area contributed by atoms with Crippen LogP contribution < -0.4 is 11.1 Å². The number of rotatable bonds is 5. The van der Waals surface area contributed by atoms with E-state index < -0.39 is 0 Å². The summed E-state index contributed by atoms with van der Waals surface area (Å²) in [5.74, 6) is 0.203. The molecule has 0 spiro atoms. The van der Waals surface area contributed by atoms with Gasteiger partial charge >= 0.3 is 0 Å². The maximum absolute atomic E-state index is 11.9. The van der Waals surface area contributed by atoms with E-state index in [0.29, 0.717) is 12.6 Å². The maximum Gasteiger partial charge on any atom is 0.234 e. The van der Waals surface area contributed by atoms with E-state index >= 15 is 0 Å². The molecule has 18 heavy (non-hydrogen) atoms. The molecule has 1 heterocycles. The summed E-state index contributed by atoms with van der Waals surface area (Å²) in [7, 11) is 0. The van der Waals surface area contributed by atoms with Crippen LogP contribution >= 0.6 is 0 Å². The molecule has 0 atom stereocenters. The van der Waals surface area contributed by atoms with Gasteiger partial charge in [0.15, 0.2) is 0 Å². The highest BCUT2D eigenvalue weighted by Crippen LogP contribution is 2.17. The molecule has 0 bridgehead atoms. The number of nitrogens with two attached hydrogens (primary N) is 1. The molecule has 104 valence electrons. The Balaban J connectivity index is 1.63. The molecule has 2 fully saturated rings. The maximum atomic E-state index is 11.9. The number of nitrogens with zero attached hydrogens (tertiary/aromatic N) is 2. The predicted octanol–water partition coefficient (Wildman–Crippen LogP) is -0.378. The topological polar surface area (TPSA) is 61.6 Å². The first-order valence-corrected chi connectivity index (χ1v) is 7.22. The third kappa shape index (κ3) is 4.23. The third-order valence-electron chi connectivity index (χ3n) is 4.00. The van der Waals surface area contributed by atoms with E-state index in [1.807, 2.05) is 0 Å². The van der Waals surface area contributed by atoms with Crippen LogP contribution in [0.1, 0.15) is 25.7 Å². The molecule has 1 saturated heterocycles. The van der Waals surface area contributed by atoms with Gasteiger partial charge in [-0.15, -0.1) is 0 Å². The van der Waals surface area contributed by atoms with Gasteiger partial charge < -0.3 is 11.1 Å². The highest BCUT2D eigenvalue weighted by atomic mass is 16.2. The normalized spacial score (nSPS) is 23.4. The number of hydrogen-bond donors (Lipinski definition) is 2. The fourth-order valence-electron chi connectivity index (χ4n) is 2.90. The zero-order valence-corrected chi connectivity index (χ0v) is 11.2. The summed E-state index contributed by atoms with van der Waals surface area (Å²) in [5, 5.41) is 3.15. The third-order valence-corrected chi connectivity index (χ3v) is 4.00. The second kappa shape index (κ2) is 7.07. The Morgan fingerprint density at radius 1 is 1.11 bits per heavy atom. The molecule has 2 rings (SSSR count). The lowest BCUT2D eigenvalue weighted by molar-refractivity contribution is -0.123. The van der Waals surface area contributed by atoms with Crippen molar-refractivity contribution in [1.82, 2.24) is 15.1 Å². The summed E-state index contributed by atoms with van der Waals surface area (Å²) in [6.45, 7) is 6.30. The van der Waals surface area contributed by atoms with Gasteiger partial charge in [-0.05, 0) is 12.8 Å². The average Bonchev–Trinajstić information content (AvgIpc) is 2.84. The average molecular weight is 254 g/mol. The molecule has 5 nitrogen and oxygen atoms in total. The Hall–Kier alpha value is -0.650. The van der Waals surface area contributed by atoms with Crippen molar-refractivity contribution in [3.05, 3.63) is 0 Å². The van der Waals surface area contributed by atoms with Crippen LogP contribution in [0, 0.1) is 0 Å². The van der Waals surface area contributed by atoms with Crippen molar-refractivity contribution in [2.24, 2.45) is 5.73 Å². The lowest BCUT2D eigenvalue weighted by atomic mass is 10.2. The van der Waals surface area contributed by atoms with Gasteiger partial charge in [0.1, 0.15) is 0 Å². The van der Waals surface area contributed by atoms with Crippen LogP contribution in [-0.2, 0) is 4.79 Å². The van der Waals surface area contributed by atoms with Crippen molar-refractivity contribution < 1.29 is 4.79 Å². The largest absolute Gasteiger partial charge is 0.352 e. The zero-order chi connectivity index (χ0) is 12.8. The van der Waals surface area contributed by atoms with E-state index in [2.05, 4.69) is 15.1 Å². The highest BCUT2D eigenvalue weighted by Gasteiger charge is 2.21. The van der Waals surface area contributed by atoms with Gasteiger partial charge in [0.05, 0.1) is 6.54 Å². The molecule has 1 saturated carbocycles. The molecular weight excluding hydrogens is 228 g/mol. The lowest BCUT2D eigenvalue weighted by Gasteiger charge is -2.34. The van der Waals surface area contributed by atoms with Crippen LogP contribution in [0.5, 0.6) is 0 Å². The van der Waals surface area contributed by atoms with Gasteiger partial charge in [0.25, 0.3) is 0 Å². The number of nitrogens with one attached hydrogen (secondary N) is 1. The Morgan fingerprint density at radius 2 is 1.72 bits per heavy atom. The van der Waals surface area contributed by atoms with E-state index in [9.17, 15) is 4.79 Å². The summed E-state index contributed by atoms with van der Waals surface area (Å²) in [6, 6.07) is 0.441. The summed E-state index contributed by atoms with van der Waals surface area (Å²) in [6.07, 6.45) is 4.86. The lowest BCUT2D eigenvalue weighted by Crippen LogP contribution is -2.51. The van der Waals surface area contributed by atoms with Crippen LogP contribution in [0.25, 0.3) is 0 Å². The molecular formula is C13H26N4O. The van der Waals surface area contributed by atoms with Crippen LogP contribution in [-0.4, -0.2) is 67.6 Å². The van der Waals surface area contributed by atoms with Gasteiger partial charge in [0, 0.05) is 45.3 Å². The predicted molar refractivity (Wildman–Crippen MR) is 72.3 cm³/mol. The van der Waals surface area contributed by atoms with Gasteiger partial charge in [-0.1, -0.05) is 12.8 Å². The Kier molecular flexibility index (Phi) is 5.41. The molecule has 0 unspecified atom stereocenters. The van der Waals surface area contributed by atoms with E-state index in [4.69, 9.17) is 5.73 Å². The molecule has 0 aromatic rings. The Bertz CT molecular complexity index is 258. The van der Waals surface area contributed by atoms with Crippen molar-refractivity contribution in [1.29, 1.82) is 0 Å². The van der Waals surface area contributed by atoms with Crippen LogP contribution in [0.3, 0.4) is 0 Å². The number of carbonyl (C=O) groups excluding carboxylic acids is 1. The number of piperazine rings is 1. The molecule has 0 radical (unpaired) electrons. The molecule has 3 N–H and O–H groups in total. The highest BCUT2D eigenvalue weighted by molar-refractivity contribution is 5.78. The van der Waals surface area contributed by atoms with Crippen molar-refractivity contribution in [3.63, 3.8) is 0 Å². The standard InChI is InChI=1S/C13H26N4O/c14-5-6-16-7-9-17(10-8-16)11-13(18)15-12-3-1-2-4-12/h12H,1-11,14H2,(H,15,18). The van der Waals surface area contributed by atoms with Gasteiger partial charge in [-0.2, -0.15) is 0 Å². The van der Waals surface area contributed by atoms with E-state index in [1.54, 1.807) is 0 Å². The molecule has 0 aromatic heterocycles. The first kappa shape index (κ1) is 13.8. The minimum absolute atomic E-state index is 0.203. The van der Waals surface area contributed by atoms with Crippen LogP contribution in [0.15, 0.2) is 0 Å². The summed E-state index contributed by atoms with van der Waals surface area (Å²) < 4.78 is 0.